The zero-order valence-corrected chi connectivity index (χ0v) is 13.2. The summed E-state index contributed by atoms with van der Waals surface area (Å²) in [5.41, 5.74) is 1.15. The molecule has 0 heterocycles. The van der Waals surface area contributed by atoms with Crippen LogP contribution in [0.1, 0.15) is 51.1 Å². The van der Waals surface area contributed by atoms with Crippen LogP contribution in [0.5, 0.6) is 0 Å². The lowest BCUT2D eigenvalue weighted by molar-refractivity contribution is -0.126. The Hall–Kier alpha value is -0.830. The van der Waals surface area contributed by atoms with Crippen molar-refractivity contribution in [1.82, 2.24) is 5.32 Å². The van der Waals surface area contributed by atoms with Gasteiger partial charge in [-0.15, -0.1) is 0 Å². The van der Waals surface area contributed by atoms with Crippen molar-refractivity contribution in [3.05, 3.63) is 34.3 Å². The van der Waals surface area contributed by atoms with Crippen LogP contribution in [0.3, 0.4) is 0 Å². The Balaban J connectivity index is 1.91. The van der Waals surface area contributed by atoms with E-state index < -0.39 is 0 Å². The number of rotatable bonds is 3. The predicted octanol–water partition coefficient (Wildman–Crippen LogP) is 4.45. The molecule has 0 bridgehead atoms. The van der Waals surface area contributed by atoms with Crippen LogP contribution in [0, 0.1) is 11.8 Å². The molecule has 1 aliphatic carbocycles. The van der Waals surface area contributed by atoms with Gasteiger partial charge in [0, 0.05) is 10.4 Å². The van der Waals surface area contributed by atoms with Gasteiger partial charge in [0.1, 0.15) is 0 Å². The second-order valence-corrected chi connectivity index (χ2v) is 6.66. The summed E-state index contributed by atoms with van der Waals surface area (Å²) in [6.45, 7) is 4.32. The molecule has 0 aliphatic heterocycles. The van der Waals surface area contributed by atoms with Gasteiger partial charge in [-0.05, 0) is 56.2 Å². The van der Waals surface area contributed by atoms with Crippen LogP contribution in [0.15, 0.2) is 28.7 Å². The molecule has 104 valence electrons. The van der Waals surface area contributed by atoms with Crippen LogP contribution in [-0.4, -0.2) is 5.91 Å². The maximum Gasteiger partial charge on any atom is 0.223 e. The van der Waals surface area contributed by atoms with Gasteiger partial charge < -0.3 is 5.32 Å². The number of hydrogen-bond acceptors (Lipinski definition) is 1. The Morgan fingerprint density at radius 1 is 1.32 bits per heavy atom. The molecule has 2 nitrogen and oxygen atoms in total. The van der Waals surface area contributed by atoms with Crippen LogP contribution in [-0.2, 0) is 4.79 Å². The fraction of sp³-hybridized carbons (Fsp3) is 0.562. The maximum absolute atomic E-state index is 12.3. The topological polar surface area (TPSA) is 29.1 Å². The fourth-order valence-corrected chi connectivity index (χ4v) is 3.13. The third kappa shape index (κ3) is 4.07. The van der Waals surface area contributed by atoms with E-state index in [0.717, 1.165) is 28.8 Å². The number of amides is 1. The Kier molecular flexibility index (Phi) is 5.03. The number of carbonyl (C=O) groups excluding carboxylic acids is 1. The molecule has 1 N–H and O–H groups in total. The number of nitrogens with one attached hydrogen (secondary N) is 1. The highest BCUT2D eigenvalue weighted by Gasteiger charge is 2.25. The van der Waals surface area contributed by atoms with Gasteiger partial charge in [-0.2, -0.15) is 0 Å². The van der Waals surface area contributed by atoms with E-state index in [9.17, 15) is 4.79 Å². The molecule has 1 fully saturated rings. The van der Waals surface area contributed by atoms with Gasteiger partial charge >= 0.3 is 0 Å². The maximum atomic E-state index is 12.3. The first-order valence-electron chi connectivity index (χ1n) is 7.12. The first-order chi connectivity index (χ1) is 9.06. The Labute approximate surface area is 124 Å². The van der Waals surface area contributed by atoms with E-state index in [1.807, 2.05) is 19.1 Å². The molecule has 1 aliphatic rings. The molecule has 1 unspecified atom stereocenters. The minimum atomic E-state index is 0.0735. The minimum Gasteiger partial charge on any atom is -0.349 e. The minimum absolute atomic E-state index is 0.0735. The van der Waals surface area contributed by atoms with E-state index in [0.29, 0.717) is 0 Å². The quantitative estimate of drug-likeness (QED) is 0.874. The monoisotopic (exact) mass is 323 g/mol. The van der Waals surface area contributed by atoms with Gasteiger partial charge in [-0.1, -0.05) is 35.0 Å². The number of halogens is 1. The van der Waals surface area contributed by atoms with E-state index in [1.165, 1.54) is 12.8 Å². The Morgan fingerprint density at radius 3 is 2.63 bits per heavy atom. The van der Waals surface area contributed by atoms with Crippen LogP contribution < -0.4 is 5.32 Å². The number of benzene rings is 1. The zero-order valence-electron chi connectivity index (χ0n) is 11.7. The summed E-state index contributed by atoms with van der Waals surface area (Å²) in [4.78, 5) is 12.3. The van der Waals surface area contributed by atoms with Crippen molar-refractivity contribution in [2.45, 2.75) is 45.6 Å². The average molecular weight is 324 g/mol. The molecule has 0 saturated heterocycles. The number of hydrogen-bond donors (Lipinski definition) is 1. The van der Waals surface area contributed by atoms with E-state index in [2.05, 4.69) is 40.3 Å². The highest BCUT2D eigenvalue weighted by atomic mass is 79.9. The first-order valence-corrected chi connectivity index (χ1v) is 7.91. The van der Waals surface area contributed by atoms with Crippen molar-refractivity contribution in [3.8, 4) is 0 Å². The molecule has 1 amide bonds. The standard InChI is InChI=1S/C16H22BrNO/c1-11-6-8-13(9-7-11)16(19)18-12(2)14-4-3-5-15(17)10-14/h3-5,10-13H,6-9H2,1-2H3,(H,18,19). The van der Waals surface area contributed by atoms with Gasteiger partial charge in [-0.3, -0.25) is 4.79 Å². The molecule has 1 aromatic rings. The average Bonchev–Trinajstić information content (AvgIpc) is 2.39. The first kappa shape index (κ1) is 14.6. The summed E-state index contributed by atoms with van der Waals surface area (Å²) in [5.74, 6) is 1.22. The smallest absolute Gasteiger partial charge is 0.223 e. The van der Waals surface area contributed by atoms with Crippen molar-refractivity contribution in [1.29, 1.82) is 0 Å². The lowest BCUT2D eigenvalue weighted by Crippen LogP contribution is -2.34. The van der Waals surface area contributed by atoms with Crippen molar-refractivity contribution < 1.29 is 4.79 Å². The molecule has 2 rings (SSSR count). The molecular weight excluding hydrogens is 302 g/mol. The van der Waals surface area contributed by atoms with Crippen molar-refractivity contribution >= 4 is 21.8 Å². The lowest BCUT2D eigenvalue weighted by Gasteiger charge is -2.26. The summed E-state index contributed by atoms with van der Waals surface area (Å²) in [5, 5.41) is 3.15. The molecule has 3 heteroatoms. The van der Waals surface area contributed by atoms with E-state index in [-0.39, 0.29) is 17.9 Å². The summed E-state index contributed by atoms with van der Waals surface area (Å²) in [6, 6.07) is 8.20. The normalized spacial score (nSPS) is 24.8. The third-order valence-corrected chi connectivity index (χ3v) is 4.59. The molecule has 1 aromatic carbocycles. The predicted molar refractivity (Wildman–Crippen MR) is 81.8 cm³/mol. The highest BCUT2D eigenvalue weighted by molar-refractivity contribution is 9.10. The summed E-state index contributed by atoms with van der Waals surface area (Å²) < 4.78 is 1.05. The molecular formula is C16H22BrNO. The van der Waals surface area contributed by atoms with Gasteiger partial charge in [0.15, 0.2) is 0 Å². The molecule has 0 radical (unpaired) electrons. The fourth-order valence-electron chi connectivity index (χ4n) is 2.71. The lowest BCUT2D eigenvalue weighted by atomic mass is 9.82. The third-order valence-electron chi connectivity index (χ3n) is 4.09. The highest BCUT2D eigenvalue weighted by Crippen LogP contribution is 2.29. The molecule has 0 aromatic heterocycles. The second-order valence-electron chi connectivity index (χ2n) is 5.74. The number of carbonyl (C=O) groups is 1. The van der Waals surface area contributed by atoms with Gasteiger partial charge in [0.2, 0.25) is 5.91 Å². The van der Waals surface area contributed by atoms with E-state index in [1.54, 1.807) is 0 Å². The van der Waals surface area contributed by atoms with E-state index in [4.69, 9.17) is 0 Å². The zero-order chi connectivity index (χ0) is 13.8. The van der Waals surface area contributed by atoms with Gasteiger partial charge in [0.05, 0.1) is 6.04 Å². The van der Waals surface area contributed by atoms with Gasteiger partial charge in [-0.25, -0.2) is 0 Å². The van der Waals surface area contributed by atoms with Crippen molar-refractivity contribution in [2.75, 3.05) is 0 Å². The molecule has 0 spiro atoms. The Bertz CT molecular complexity index is 438. The summed E-state index contributed by atoms with van der Waals surface area (Å²) in [6.07, 6.45) is 4.45. The summed E-state index contributed by atoms with van der Waals surface area (Å²) in [7, 11) is 0. The van der Waals surface area contributed by atoms with Crippen LogP contribution in [0.4, 0.5) is 0 Å². The van der Waals surface area contributed by atoms with Crippen LogP contribution in [0.25, 0.3) is 0 Å². The second kappa shape index (κ2) is 6.56. The van der Waals surface area contributed by atoms with Gasteiger partial charge in [0.25, 0.3) is 0 Å². The largest absolute Gasteiger partial charge is 0.349 e. The van der Waals surface area contributed by atoms with Crippen molar-refractivity contribution in [3.63, 3.8) is 0 Å². The van der Waals surface area contributed by atoms with Crippen molar-refractivity contribution in [2.24, 2.45) is 11.8 Å². The Morgan fingerprint density at radius 2 is 2.00 bits per heavy atom. The van der Waals surface area contributed by atoms with Crippen LogP contribution >= 0.6 is 15.9 Å². The molecule has 1 saturated carbocycles. The summed E-state index contributed by atoms with van der Waals surface area (Å²) >= 11 is 3.47. The SMILES string of the molecule is CC1CCC(C(=O)NC(C)c2cccc(Br)c2)CC1. The van der Waals surface area contributed by atoms with E-state index >= 15 is 0 Å². The van der Waals surface area contributed by atoms with Crippen LogP contribution in [0.2, 0.25) is 0 Å². The molecule has 1 atom stereocenters. The molecule has 19 heavy (non-hydrogen) atoms.